The highest BCUT2D eigenvalue weighted by Crippen LogP contribution is 2.37. The van der Waals surface area contributed by atoms with Crippen LogP contribution < -0.4 is 20.2 Å². The number of nitrogens with zero attached hydrogens (tertiary/aromatic N) is 1. The fourth-order valence-corrected chi connectivity index (χ4v) is 3.58. The van der Waals surface area contributed by atoms with Gasteiger partial charge < -0.3 is 14.8 Å². The van der Waals surface area contributed by atoms with Gasteiger partial charge in [-0.1, -0.05) is 48.0 Å². The second-order valence-electron chi connectivity index (χ2n) is 6.80. The van der Waals surface area contributed by atoms with E-state index in [4.69, 9.17) is 21.1 Å². The quantitative estimate of drug-likeness (QED) is 0.227. The molecule has 0 radical (unpaired) electrons. The fraction of sp³-hybridized carbons (Fsp3) is 0.125. The van der Waals surface area contributed by atoms with E-state index in [2.05, 4.69) is 31.8 Å². The molecule has 9 heteroatoms. The molecule has 0 saturated carbocycles. The van der Waals surface area contributed by atoms with E-state index in [9.17, 15) is 9.59 Å². The number of para-hydroxylation sites is 1. The highest BCUT2D eigenvalue weighted by molar-refractivity contribution is 9.10. The summed E-state index contributed by atoms with van der Waals surface area (Å²) in [5, 5.41) is 7.17. The van der Waals surface area contributed by atoms with Crippen molar-refractivity contribution >= 4 is 51.2 Å². The van der Waals surface area contributed by atoms with Gasteiger partial charge in [0.25, 0.3) is 0 Å². The molecule has 0 aliphatic rings. The number of hydrazone groups is 1. The molecule has 0 aliphatic carbocycles. The summed E-state index contributed by atoms with van der Waals surface area (Å²) < 4.78 is 12.0. The number of anilines is 1. The van der Waals surface area contributed by atoms with Gasteiger partial charge >= 0.3 is 0 Å². The zero-order valence-corrected chi connectivity index (χ0v) is 20.0. The third kappa shape index (κ3) is 7.34. The predicted molar refractivity (Wildman–Crippen MR) is 132 cm³/mol. The number of methoxy groups -OCH3 is 1. The number of ether oxygens (including phenoxy) is 2. The van der Waals surface area contributed by atoms with Crippen molar-refractivity contribution in [1.29, 1.82) is 0 Å². The van der Waals surface area contributed by atoms with Crippen LogP contribution >= 0.6 is 27.5 Å². The molecule has 3 aromatic rings. The number of carbonyl (C=O) groups excluding carboxylic acids is 2. The highest BCUT2D eigenvalue weighted by Gasteiger charge is 2.13. The first-order chi connectivity index (χ1) is 16.0. The van der Waals surface area contributed by atoms with Crippen LogP contribution in [-0.4, -0.2) is 25.1 Å². The zero-order valence-electron chi connectivity index (χ0n) is 17.7. The predicted octanol–water partition coefficient (Wildman–Crippen LogP) is 5.17. The molecule has 2 amide bonds. The molecule has 0 fully saturated rings. The fourth-order valence-electron chi connectivity index (χ4n) is 2.81. The molecule has 2 N–H and O–H groups in total. The molecule has 0 spiro atoms. The van der Waals surface area contributed by atoms with Crippen LogP contribution in [0.2, 0.25) is 5.02 Å². The van der Waals surface area contributed by atoms with E-state index in [1.54, 1.807) is 42.5 Å². The van der Waals surface area contributed by atoms with Gasteiger partial charge in [0.05, 0.1) is 17.8 Å². The first-order valence-electron chi connectivity index (χ1n) is 9.87. The number of carbonyl (C=O) groups is 2. The van der Waals surface area contributed by atoms with E-state index in [1.807, 2.05) is 24.3 Å². The summed E-state index contributed by atoms with van der Waals surface area (Å²) in [6.45, 7) is 0.267. The summed E-state index contributed by atoms with van der Waals surface area (Å²) in [6, 6.07) is 19.8. The van der Waals surface area contributed by atoms with Gasteiger partial charge in [0, 0.05) is 16.3 Å². The third-order valence-electron chi connectivity index (χ3n) is 4.36. The lowest BCUT2D eigenvalue weighted by Crippen LogP contribution is -2.24. The van der Waals surface area contributed by atoms with E-state index in [0.29, 0.717) is 32.2 Å². The van der Waals surface area contributed by atoms with Crippen molar-refractivity contribution in [1.82, 2.24) is 5.43 Å². The van der Waals surface area contributed by atoms with Gasteiger partial charge in [-0.2, -0.15) is 5.10 Å². The van der Waals surface area contributed by atoms with Gasteiger partial charge in [-0.05, 0) is 51.8 Å². The van der Waals surface area contributed by atoms with Crippen LogP contribution in [0.25, 0.3) is 0 Å². The minimum Gasteiger partial charge on any atom is -0.493 e. The minimum atomic E-state index is -0.537. The van der Waals surface area contributed by atoms with Gasteiger partial charge in [-0.3, -0.25) is 9.59 Å². The number of nitrogens with one attached hydrogen (secondary N) is 2. The Morgan fingerprint density at radius 1 is 1.06 bits per heavy atom. The van der Waals surface area contributed by atoms with Crippen LogP contribution in [0.1, 0.15) is 17.5 Å². The second kappa shape index (κ2) is 12.0. The minimum absolute atomic E-state index is 0.267. The first-order valence-corrected chi connectivity index (χ1v) is 11.0. The van der Waals surface area contributed by atoms with Crippen molar-refractivity contribution < 1.29 is 19.1 Å². The maximum atomic E-state index is 12.0. The monoisotopic (exact) mass is 529 g/mol. The van der Waals surface area contributed by atoms with Crippen LogP contribution in [0.3, 0.4) is 0 Å². The Morgan fingerprint density at radius 2 is 1.79 bits per heavy atom. The molecule has 0 bridgehead atoms. The van der Waals surface area contributed by atoms with Crippen LogP contribution in [0.15, 0.2) is 76.3 Å². The Kier molecular flexibility index (Phi) is 8.86. The Hall–Kier alpha value is -3.36. The summed E-state index contributed by atoms with van der Waals surface area (Å²) in [6.07, 6.45) is 1.09. The van der Waals surface area contributed by atoms with E-state index in [-0.39, 0.29) is 13.0 Å². The largest absolute Gasteiger partial charge is 0.493 e. The summed E-state index contributed by atoms with van der Waals surface area (Å²) in [7, 11) is 1.53. The number of benzene rings is 3. The Balaban J connectivity index is 1.58. The van der Waals surface area contributed by atoms with Crippen molar-refractivity contribution in [2.24, 2.45) is 5.10 Å². The van der Waals surface area contributed by atoms with Gasteiger partial charge in [0.1, 0.15) is 13.0 Å². The van der Waals surface area contributed by atoms with E-state index in [1.165, 1.54) is 13.3 Å². The van der Waals surface area contributed by atoms with Gasteiger partial charge in [-0.15, -0.1) is 0 Å². The number of hydrogen-bond acceptors (Lipinski definition) is 5. The molecular weight excluding hydrogens is 510 g/mol. The highest BCUT2D eigenvalue weighted by atomic mass is 79.9. The molecule has 170 valence electrons. The molecule has 33 heavy (non-hydrogen) atoms. The molecule has 7 nitrogen and oxygen atoms in total. The van der Waals surface area contributed by atoms with Crippen LogP contribution in [-0.2, 0) is 16.2 Å². The molecule has 0 saturated heterocycles. The van der Waals surface area contributed by atoms with Crippen LogP contribution in [0.5, 0.6) is 11.5 Å². The van der Waals surface area contributed by atoms with Crippen LogP contribution in [0, 0.1) is 0 Å². The lowest BCUT2D eigenvalue weighted by Gasteiger charge is -2.14. The van der Waals surface area contributed by atoms with Crippen molar-refractivity contribution in [3.05, 3.63) is 87.4 Å². The third-order valence-corrected chi connectivity index (χ3v) is 5.32. The van der Waals surface area contributed by atoms with Gasteiger partial charge in [-0.25, -0.2) is 5.43 Å². The average Bonchev–Trinajstić information content (AvgIpc) is 2.79. The Labute approximate surface area is 204 Å². The Morgan fingerprint density at radius 3 is 2.52 bits per heavy atom. The lowest BCUT2D eigenvalue weighted by atomic mass is 10.2. The van der Waals surface area contributed by atoms with Crippen molar-refractivity contribution in [3.8, 4) is 11.5 Å². The maximum absolute atomic E-state index is 12.0. The summed E-state index contributed by atoms with van der Waals surface area (Å²) in [4.78, 5) is 23.9. The first kappa shape index (κ1) is 24.3. The molecule has 0 heterocycles. The SMILES string of the molecule is COc1cc(C=NNC(=O)CC(=O)Nc2ccccc2)cc(Br)c1OCc1ccccc1Cl. The van der Waals surface area contributed by atoms with E-state index in [0.717, 1.165) is 5.56 Å². The van der Waals surface area contributed by atoms with Crippen molar-refractivity contribution in [2.75, 3.05) is 12.4 Å². The molecule has 0 atom stereocenters. The van der Waals surface area contributed by atoms with Gasteiger partial charge in [0.2, 0.25) is 11.8 Å². The molecule has 0 aliphatic heterocycles. The van der Waals surface area contributed by atoms with Crippen LogP contribution in [0.4, 0.5) is 5.69 Å². The topological polar surface area (TPSA) is 89.0 Å². The average molecular weight is 531 g/mol. The molecule has 0 unspecified atom stereocenters. The normalized spacial score (nSPS) is 10.6. The zero-order chi connectivity index (χ0) is 23.6. The standard InChI is InChI=1S/C24H21BrClN3O4/c1-32-21-12-16(11-19(25)24(21)33-15-17-7-5-6-10-20(17)26)14-27-29-23(31)13-22(30)28-18-8-3-2-4-9-18/h2-12,14H,13,15H2,1H3,(H,28,30)(H,29,31). The maximum Gasteiger partial charge on any atom is 0.249 e. The lowest BCUT2D eigenvalue weighted by molar-refractivity contribution is -0.126. The summed E-state index contributed by atoms with van der Waals surface area (Å²) >= 11 is 9.66. The van der Waals surface area contributed by atoms with E-state index >= 15 is 0 Å². The molecular formula is C24H21BrClN3O4. The second-order valence-corrected chi connectivity index (χ2v) is 8.06. The smallest absolute Gasteiger partial charge is 0.249 e. The molecule has 3 rings (SSSR count). The summed E-state index contributed by atoms with van der Waals surface area (Å²) in [5.74, 6) is 0.0198. The number of hydrogen-bond donors (Lipinski definition) is 2. The van der Waals surface area contributed by atoms with Crippen molar-refractivity contribution in [2.45, 2.75) is 13.0 Å². The summed E-state index contributed by atoms with van der Waals surface area (Å²) in [5.41, 5.74) is 4.45. The molecule has 0 aromatic heterocycles. The number of rotatable bonds is 9. The number of halogens is 2. The Bertz CT molecular complexity index is 1160. The van der Waals surface area contributed by atoms with Gasteiger partial charge in [0.15, 0.2) is 11.5 Å². The van der Waals surface area contributed by atoms with E-state index < -0.39 is 11.8 Å². The van der Waals surface area contributed by atoms with Crippen molar-refractivity contribution in [3.63, 3.8) is 0 Å². The number of amides is 2. The molecule has 3 aromatic carbocycles.